The number of hydrogen-bond donors (Lipinski definition) is 0. The zero-order chi connectivity index (χ0) is 20.2. The van der Waals surface area contributed by atoms with Gasteiger partial charge in [-0.05, 0) is 18.6 Å². The van der Waals surface area contributed by atoms with E-state index in [1.807, 2.05) is 61.5 Å². The molecule has 4 aromatic rings. The fraction of sp³-hybridized carbons (Fsp3) is 0.182. The molecule has 0 bridgehead atoms. The molecule has 2 heterocycles. The van der Waals surface area contributed by atoms with Gasteiger partial charge in [0.2, 0.25) is 5.82 Å². The van der Waals surface area contributed by atoms with Crippen molar-refractivity contribution in [2.45, 2.75) is 20.1 Å². The summed E-state index contributed by atoms with van der Waals surface area (Å²) in [5.41, 5.74) is 3.35. The Labute approximate surface area is 167 Å². The number of carbonyl (C=O) groups excluding carboxylic acids is 1. The van der Waals surface area contributed by atoms with Crippen molar-refractivity contribution >= 4 is 16.9 Å². The number of methoxy groups -OCH3 is 1. The Morgan fingerprint density at radius 2 is 1.76 bits per heavy atom. The highest BCUT2D eigenvalue weighted by Gasteiger charge is 2.21. The van der Waals surface area contributed by atoms with Gasteiger partial charge in [0.05, 0.1) is 23.4 Å². The Morgan fingerprint density at radius 1 is 1.00 bits per heavy atom. The molecular formula is C22H19N3O4. The van der Waals surface area contributed by atoms with Crippen LogP contribution in [0.3, 0.4) is 0 Å². The molecule has 0 radical (unpaired) electrons. The lowest BCUT2D eigenvalue weighted by molar-refractivity contribution is 0.0423. The molecule has 0 spiro atoms. The number of hydrogen-bond acceptors (Lipinski definition) is 7. The summed E-state index contributed by atoms with van der Waals surface area (Å²) in [5, 5.41) is 4.82. The first kappa shape index (κ1) is 18.8. The Balaban J connectivity index is 1.57. The quantitative estimate of drug-likeness (QED) is 0.459. The van der Waals surface area contributed by atoms with Crippen LogP contribution in [-0.2, 0) is 22.7 Å². The van der Waals surface area contributed by atoms with Crippen molar-refractivity contribution in [2.75, 3.05) is 7.11 Å². The van der Waals surface area contributed by atoms with Crippen LogP contribution in [0.1, 0.15) is 27.5 Å². The maximum absolute atomic E-state index is 12.8. The van der Waals surface area contributed by atoms with Gasteiger partial charge >= 0.3 is 5.97 Å². The molecule has 0 amide bonds. The molecule has 0 aliphatic carbocycles. The number of rotatable bonds is 6. The lowest BCUT2D eigenvalue weighted by Gasteiger charge is -2.13. The van der Waals surface area contributed by atoms with Crippen LogP contribution in [0.25, 0.3) is 22.3 Å². The summed E-state index contributed by atoms with van der Waals surface area (Å²) in [4.78, 5) is 21.7. The number of aryl methyl sites for hydroxylation is 1. The summed E-state index contributed by atoms with van der Waals surface area (Å²) in [6.45, 7) is 1.95. The van der Waals surface area contributed by atoms with Crippen molar-refractivity contribution in [1.29, 1.82) is 0 Å². The van der Waals surface area contributed by atoms with Crippen LogP contribution in [0.4, 0.5) is 0 Å². The second-order valence-corrected chi connectivity index (χ2v) is 6.46. The minimum absolute atomic E-state index is 0.128. The molecule has 0 fully saturated rings. The molecule has 0 unspecified atom stereocenters. The number of benzene rings is 2. The maximum atomic E-state index is 12.8. The van der Waals surface area contributed by atoms with Crippen LogP contribution in [0, 0.1) is 6.92 Å². The minimum atomic E-state index is -0.507. The van der Waals surface area contributed by atoms with Crippen LogP contribution < -0.4 is 0 Å². The largest absolute Gasteiger partial charge is 0.452 e. The highest BCUT2D eigenvalue weighted by molar-refractivity contribution is 5.98. The number of aromatic nitrogens is 3. The smallest absolute Gasteiger partial charge is 0.340 e. The number of nitrogens with zero attached hydrogens (tertiary/aromatic N) is 3. The van der Waals surface area contributed by atoms with Gasteiger partial charge < -0.3 is 14.0 Å². The second kappa shape index (κ2) is 8.20. The highest BCUT2D eigenvalue weighted by Crippen LogP contribution is 2.24. The summed E-state index contributed by atoms with van der Waals surface area (Å²) in [6.07, 6.45) is 0. The molecule has 7 heteroatoms. The van der Waals surface area contributed by atoms with Crippen molar-refractivity contribution in [1.82, 2.24) is 15.1 Å². The van der Waals surface area contributed by atoms with Crippen LogP contribution in [-0.4, -0.2) is 28.2 Å². The number of ether oxygens (including phenoxy) is 2. The molecule has 146 valence electrons. The first-order valence-electron chi connectivity index (χ1n) is 9.09. The standard InChI is InChI=1S/C22H19N3O4/c1-14-16-10-6-7-11-17(16)23-18(12-27-2)20(14)22(26)28-13-19-24-21(25-29-19)15-8-4-3-5-9-15/h3-11H,12-13H2,1-2H3. The van der Waals surface area contributed by atoms with Crippen molar-refractivity contribution in [3.63, 3.8) is 0 Å². The second-order valence-electron chi connectivity index (χ2n) is 6.46. The number of para-hydroxylation sites is 1. The van der Waals surface area contributed by atoms with Crippen LogP contribution >= 0.6 is 0 Å². The Bertz CT molecular complexity index is 1160. The fourth-order valence-corrected chi connectivity index (χ4v) is 3.17. The summed E-state index contributed by atoms with van der Waals surface area (Å²) in [5.74, 6) is 0.157. The highest BCUT2D eigenvalue weighted by atomic mass is 16.6. The molecule has 0 saturated heterocycles. The molecule has 0 saturated carbocycles. The monoisotopic (exact) mass is 389 g/mol. The van der Waals surface area contributed by atoms with Gasteiger partial charge in [-0.15, -0.1) is 0 Å². The van der Waals surface area contributed by atoms with E-state index in [0.717, 1.165) is 22.0 Å². The van der Waals surface area contributed by atoms with E-state index >= 15 is 0 Å². The zero-order valence-electron chi connectivity index (χ0n) is 16.1. The summed E-state index contributed by atoms with van der Waals surface area (Å²) < 4.78 is 15.9. The third-order valence-corrected chi connectivity index (χ3v) is 4.54. The number of esters is 1. The van der Waals surface area contributed by atoms with Gasteiger partial charge in [-0.3, -0.25) is 0 Å². The van der Waals surface area contributed by atoms with E-state index in [9.17, 15) is 4.79 Å². The van der Waals surface area contributed by atoms with E-state index in [1.165, 1.54) is 0 Å². The van der Waals surface area contributed by atoms with E-state index in [0.29, 0.717) is 17.1 Å². The van der Waals surface area contributed by atoms with E-state index in [-0.39, 0.29) is 19.1 Å². The van der Waals surface area contributed by atoms with Gasteiger partial charge in [0, 0.05) is 18.1 Å². The molecule has 7 nitrogen and oxygen atoms in total. The third-order valence-electron chi connectivity index (χ3n) is 4.54. The minimum Gasteiger partial charge on any atom is -0.452 e. The molecule has 0 N–H and O–H groups in total. The molecule has 0 atom stereocenters. The van der Waals surface area contributed by atoms with Crippen molar-refractivity contribution in [3.8, 4) is 11.4 Å². The topological polar surface area (TPSA) is 87.3 Å². The molecule has 29 heavy (non-hydrogen) atoms. The van der Waals surface area contributed by atoms with Gasteiger partial charge in [-0.1, -0.05) is 53.7 Å². The lowest BCUT2D eigenvalue weighted by atomic mass is 10.0. The predicted octanol–water partition coefficient (Wildman–Crippen LogP) is 4.10. The Morgan fingerprint density at radius 3 is 2.55 bits per heavy atom. The number of carbonyl (C=O) groups is 1. The van der Waals surface area contributed by atoms with E-state index in [1.54, 1.807) is 7.11 Å². The third kappa shape index (κ3) is 3.86. The van der Waals surface area contributed by atoms with E-state index in [2.05, 4.69) is 15.1 Å². The van der Waals surface area contributed by atoms with Crippen molar-refractivity contribution in [3.05, 3.63) is 77.3 Å². The first-order chi connectivity index (χ1) is 14.2. The summed E-state index contributed by atoms with van der Waals surface area (Å²) >= 11 is 0. The van der Waals surface area contributed by atoms with Gasteiger partial charge in [0.25, 0.3) is 5.89 Å². The lowest BCUT2D eigenvalue weighted by Crippen LogP contribution is -2.13. The number of fused-ring (bicyclic) bond motifs is 1. The molecule has 2 aromatic heterocycles. The van der Waals surface area contributed by atoms with Crippen molar-refractivity contribution in [2.24, 2.45) is 0 Å². The molecule has 2 aromatic carbocycles. The van der Waals surface area contributed by atoms with E-state index < -0.39 is 5.97 Å². The van der Waals surface area contributed by atoms with Gasteiger partial charge in [-0.25, -0.2) is 9.78 Å². The summed E-state index contributed by atoms with van der Waals surface area (Å²) in [7, 11) is 1.56. The zero-order valence-corrected chi connectivity index (χ0v) is 16.1. The normalized spacial score (nSPS) is 11.0. The van der Waals surface area contributed by atoms with Gasteiger partial charge in [-0.2, -0.15) is 4.98 Å². The van der Waals surface area contributed by atoms with E-state index in [4.69, 9.17) is 14.0 Å². The van der Waals surface area contributed by atoms with Gasteiger partial charge in [0.1, 0.15) is 0 Å². The maximum Gasteiger partial charge on any atom is 0.340 e. The Kier molecular flexibility index (Phi) is 5.31. The summed E-state index contributed by atoms with van der Waals surface area (Å²) in [6, 6.07) is 17.1. The average molecular weight is 389 g/mol. The SMILES string of the molecule is COCc1nc2ccccc2c(C)c1C(=O)OCc1nc(-c2ccccc2)no1. The number of pyridine rings is 1. The van der Waals surface area contributed by atoms with Crippen molar-refractivity contribution < 1.29 is 18.8 Å². The average Bonchev–Trinajstić information content (AvgIpc) is 3.22. The van der Waals surface area contributed by atoms with Crippen LogP contribution in [0.2, 0.25) is 0 Å². The van der Waals surface area contributed by atoms with Gasteiger partial charge in [0.15, 0.2) is 6.61 Å². The van der Waals surface area contributed by atoms with Crippen LogP contribution in [0.15, 0.2) is 59.1 Å². The molecular weight excluding hydrogens is 370 g/mol. The first-order valence-corrected chi connectivity index (χ1v) is 9.09. The predicted molar refractivity (Wildman–Crippen MR) is 106 cm³/mol. The molecule has 0 aliphatic rings. The fourth-order valence-electron chi connectivity index (χ4n) is 3.17. The van der Waals surface area contributed by atoms with Crippen LogP contribution in [0.5, 0.6) is 0 Å². The molecule has 4 rings (SSSR count). The molecule has 0 aliphatic heterocycles. The Hall–Kier alpha value is -3.58.